The number of aliphatic hydroxyl groups excluding tert-OH is 2. The monoisotopic (exact) mass is 1250 g/mol. The molecule has 18 atom stereocenters. The van der Waals surface area contributed by atoms with Crippen molar-refractivity contribution in [3.05, 3.63) is 39.1 Å². The van der Waals surface area contributed by atoms with E-state index in [1.54, 1.807) is 60.6 Å². The lowest BCUT2D eigenvalue weighted by molar-refractivity contribution is -0.318. The second kappa shape index (κ2) is 32.1. The van der Waals surface area contributed by atoms with Gasteiger partial charge in [0.25, 0.3) is 0 Å². The number of anilines is 1. The van der Waals surface area contributed by atoms with Gasteiger partial charge in [0.2, 0.25) is 5.43 Å². The molecular formula is C62H103ClN6O18. The minimum absolute atomic E-state index is 0.0487. The fourth-order valence-electron chi connectivity index (χ4n) is 12.8. The molecule has 6 rings (SSSR count). The predicted octanol–water partition coefficient (Wildman–Crippen LogP) is 4.17. The third kappa shape index (κ3) is 18.7. The number of likely N-dealkylation sites (N-methyl/N-ethyl adjacent to an activating group) is 2. The van der Waals surface area contributed by atoms with Crippen molar-refractivity contribution in [3.8, 4) is 0 Å². The lowest BCUT2D eigenvalue weighted by Gasteiger charge is -2.49. The number of esters is 2. The van der Waals surface area contributed by atoms with Gasteiger partial charge in [-0.3, -0.25) is 14.4 Å². The second-order valence-electron chi connectivity index (χ2n) is 25.7. The molecule has 8 N–H and O–H groups in total. The molecule has 4 heterocycles. The Morgan fingerprint density at radius 3 is 2.18 bits per heavy atom. The van der Waals surface area contributed by atoms with Crippen molar-refractivity contribution in [3.63, 3.8) is 0 Å². The summed E-state index contributed by atoms with van der Waals surface area (Å²) < 4.78 is 58.1. The first-order valence-electron chi connectivity index (χ1n) is 31.1. The molecule has 3 aliphatic heterocycles. The van der Waals surface area contributed by atoms with Crippen LogP contribution in [0.2, 0.25) is 5.02 Å². The van der Waals surface area contributed by atoms with Crippen LogP contribution in [0.25, 0.3) is 10.9 Å². The SMILES string of the molecule is CC[C@H]1OC(=O)[C@@H](C)[C@H](O[C@@H]2C[C@](C)(OC)[C@H](OC(=O)CNCCCNCCOCCOCCNc3cc4c(=O)c(C(=O)O)cn(C5CC5)c4cc3Cl)[C@@H](C)O2)[C@H](C)[C@H](O[C@H]2O[C@@H](C)C[C@@H](N(C)C)[C@@H]2O)[C@@](C)(O)C[C@H](C)CN(C)[C@@H](C)[C@H](O)[C@@]1(C)O. The molecule has 0 bridgehead atoms. The van der Waals surface area contributed by atoms with Crippen LogP contribution in [0.15, 0.2) is 23.1 Å². The number of hydrogen-bond acceptors (Lipinski definition) is 22. The number of carbonyl (C=O) groups excluding carboxylic acids is 2. The van der Waals surface area contributed by atoms with E-state index in [1.807, 2.05) is 49.4 Å². The summed E-state index contributed by atoms with van der Waals surface area (Å²) in [5.74, 6) is -4.64. The van der Waals surface area contributed by atoms with E-state index in [9.17, 15) is 44.7 Å². The smallest absolute Gasteiger partial charge is 0.341 e. The molecule has 0 amide bonds. The van der Waals surface area contributed by atoms with Gasteiger partial charge in [-0.1, -0.05) is 32.4 Å². The summed E-state index contributed by atoms with van der Waals surface area (Å²) in [6.07, 6.45) is -5.07. The molecule has 4 fully saturated rings. The van der Waals surface area contributed by atoms with Gasteiger partial charge < -0.3 is 98.5 Å². The summed E-state index contributed by atoms with van der Waals surface area (Å²) >= 11 is 6.56. The van der Waals surface area contributed by atoms with Crippen molar-refractivity contribution in [1.29, 1.82) is 0 Å². The number of cyclic esters (lactones) is 1. The van der Waals surface area contributed by atoms with Crippen molar-refractivity contribution in [1.82, 2.24) is 25.0 Å². The van der Waals surface area contributed by atoms with Crippen molar-refractivity contribution >= 4 is 46.1 Å². The molecule has 1 aromatic heterocycles. The van der Waals surface area contributed by atoms with E-state index < -0.39 is 113 Å². The molecule has 4 aliphatic rings. The standard InChI is InChI=1S/C62H103ClN6O18/c1-15-48-62(10,78)54(73)39(6)68(13)33-35(2)30-60(8,77)55(87-59-52(72)47(67(11)12)27-36(3)82-59)37(4)53(38(5)58(76)84-48)86-50-31-61(9,79-14)56(40(7)83-50)85-49(70)32-65-20-16-19-64-21-23-80-25-26-81-24-22-66-45-28-42-46(29-44(45)63)69(41-17-18-41)34-43(51(42)71)57(74)75/h28-29,34-41,47-48,50,52-56,59,64-66,72-73,77-78H,15-27,30-33H2,1-14H3,(H,74,75)/t35-,36-,37-,38-,39-,40+,47+,48+,50+,52-,53+,54-,55-,56+,59+,60-,61-,62-/m0/s1. The highest BCUT2D eigenvalue weighted by molar-refractivity contribution is 6.34. The maximum absolute atomic E-state index is 14.6. The van der Waals surface area contributed by atoms with Crippen LogP contribution in [-0.2, 0) is 52.2 Å². The lowest BCUT2D eigenvalue weighted by Crippen LogP contribution is -2.61. The van der Waals surface area contributed by atoms with Crippen molar-refractivity contribution in [2.24, 2.45) is 17.8 Å². The Kier molecular flexibility index (Phi) is 26.7. The Hall–Kier alpha value is -3.67. The van der Waals surface area contributed by atoms with E-state index in [-0.39, 0.29) is 55.5 Å². The van der Waals surface area contributed by atoms with Gasteiger partial charge in [0.05, 0.1) is 85.1 Å². The largest absolute Gasteiger partial charge is 0.477 e. The fourth-order valence-corrected chi connectivity index (χ4v) is 13.0. The number of fused-ring (bicyclic) bond motifs is 1. The van der Waals surface area contributed by atoms with Crippen molar-refractivity contribution in [2.75, 3.05) is 99.3 Å². The van der Waals surface area contributed by atoms with Crippen LogP contribution in [0.4, 0.5) is 5.69 Å². The highest BCUT2D eigenvalue weighted by atomic mass is 35.5. The number of carboxylic acid groups (broad SMARTS) is 1. The zero-order valence-electron chi connectivity index (χ0n) is 53.8. The van der Waals surface area contributed by atoms with Gasteiger partial charge in [0.15, 0.2) is 18.7 Å². The first-order chi connectivity index (χ1) is 41.0. The summed E-state index contributed by atoms with van der Waals surface area (Å²) in [5, 5.41) is 68.2. The number of ether oxygens (including phenoxy) is 9. The van der Waals surface area contributed by atoms with Gasteiger partial charge in [-0.25, -0.2) is 4.79 Å². The molecule has 1 aromatic carbocycles. The summed E-state index contributed by atoms with van der Waals surface area (Å²) in [7, 11) is 7.09. The molecule has 0 unspecified atom stereocenters. The molecule has 2 aromatic rings. The highest BCUT2D eigenvalue weighted by Gasteiger charge is 2.54. The maximum Gasteiger partial charge on any atom is 0.341 e. The van der Waals surface area contributed by atoms with Crippen LogP contribution in [-0.4, -0.2) is 242 Å². The number of aliphatic hydroxyl groups is 4. The Labute approximate surface area is 518 Å². The molecule has 1 aliphatic carbocycles. The Morgan fingerprint density at radius 1 is 0.885 bits per heavy atom. The summed E-state index contributed by atoms with van der Waals surface area (Å²) in [6.45, 7) is 21.6. The minimum Gasteiger partial charge on any atom is -0.477 e. The van der Waals surface area contributed by atoms with Crippen LogP contribution in [0.5, 0.6) is 0 Å². The fraction of sp³-hybridized carbons (Fsp3) is 0.806. The van der Waals surface area contributed by atoms with E-state index >= 15 is 0 Å². The van der Waals surface area contributed by atoms with E-state index in [0.717, 1.165) is 12.8 Å². The number of carbonyl (C=O) groups is 3. The van der Waals surface area contributed by atoms with Crippen LogP contribution >= 0.6 is 11.6 Å². The highest BCUT2D eigenvalue weighted by Crippen LogP contribution is 2.42. The lowest BCUT2D eigenvalue weighted by atomic mass is 9.77. The molecular weight excluding hydrogens is 1150 g/mol. The average molecular weight is 1260 g/mol. The number of benzene rings is 1. The average Bonchev–Trinajstić information content (AvgIpc) is 1.84. The van der Waals surface area contributed by atoms with E-state index in [0.29, 0.717) is 93.6 Å². The van der Waals surface area contributed by atoms with Crippen LogP contribution in [0.1, 0.15) is 131 Å². The van der Waals surface area contributed by atoms with Gasteiger partial charge >= 0.3 is 17.9 Å². The Morgan fingerprint density at radius 2 is 1.55 bits per heavy atom. The molecule has 0 spiro atoms. The number of rotatable bonds is 26. The van der Waals surface area contributed by atoms with Crippen molar-refractivity contribution < 1.29 is 82.5 Å². The topological polar surface area (TPSA) is 300 Å². The third-order valence-corrected chi connectivity index (χ3v) is 18.4. The van der Waals surface area contributed by atoms with E-state index in [4.69, 9.17) is 54.2 Å². The number of halogens is 1. The number of nitrogens with zero attached hydrogens (tertiary/aromatic N) is 3. The predicted molar refractivity (Wildman–Crippen MR) is 327 cm³/mol. The molecule has 1 saturated carbocycles. The van der Waals surface area contributed by atoms with Gasteiger partial charge in [-0.05, 0) is 139 Å². The summed E-state index contributed by atoms with van der Waals surface area (Å²) in [6, 6.07) is 2.55. The van der Waals surface area contributed by atoms with E-state index in [2.05, 4.69) is 16.0 Å². The van der Waals surface area contributed by atoms with Crippen LogP contribution in [0.3, 0.4) is 0 Å². The number of nitrogens with one attached hydrogen (secondary N) is 3. The zero-order chi connectivity index (χ0) is 64.3. The molecule has 3 saturated heterocycles. The Balaban J connectivity index is 0.989. The second-order valence-corrected chi connectivity index (χ2v) is 26.1. The number of hydrogen-bond donors (Lipinski definition) is 8. The number of aromatic carboxylic acids is 1. The maximum atomic E-state index is 14.6. The Bertz CT molecular complexity index is 2610. The third-order valence-electron chi connectivity index (χ3n) is 18.0. The van der Waals surface area contributed by atoms with Gasteiger partial charge in [0.1, 0.15) is 35.1 Å². The molecule has 24 nitrogen and oxygen atoms in total. The first-order valence-corrected chi connectivity index (χ1v) is 31.5. The number of aromatic nitrogens is 1. The molecule has 0 radical (unpaired) electrons. The van der Waals surface area contributed by atoms with E-state index in [1.165, 1.54) is 20.2 Å². The number of methoxy groups -OCH3 is 1. The first kappa shape index (κ1) is 72.4. The molecule has 25 heteroatoms. The normalized spacial score (nSPS) is 35.2. The summed E-state index contributed by atoms with van der Waals surface area (Å²) in [4.78, 5) is 56.6. The van der Waals surface area contributed by atoms with Gasteiger partial charge in [-0.2, -0.15) is 0 Å². The zero-order valence-corrected chi connectivity index (χ0v) is 54.5. The molecule has 87 heavy (non-hydrogen) atoms. The van der Waals surface area contributed by atoms with Gasteiger partial charge in [0, 0.05) is 68.8 Å². The quantitative estimate of drug-likeness (QED) is 0.0484. The summed E-state index contributed by atoms with van der Waals surface area (Å²) in [5.41, 5.74) is -4.33. The molecule has 496 valence electrons. The minimum atomic E-state index is -1.86. The van der Waals surface area contributed by atoms with Crippen LogP contribution in [0, 0.1) is 17.8 Å². The van der Waals surface area contributed by atoms with Crippen LogP contribution < -0.4 is 21.4 Å². The van der Waals surface area contributed by atoms with Gasteiger partial charge in [-0.15, -0.1) is 0 Å². The number of pyridine rings is 1. The van der Waals surface area contributed by atoms with Crippen molar-refractivity contribution in [2.45, 2.75) is 211 Å². The number of carboxylic acids is 1.